The van der Waals surface area contributed by atoms with Crippen molar-refractivity contribution in [3.05, 3.63) is 34.6 Å². The molecule has 0 saturated carbocycles. The maximum absolute atomic E-state index is 10.9. The molecule has 4 heteroatoms. The lowest BCUT2D eigenvalue weighted by Crippen LogP contribution is -2.03. The first-order valence-electron chi connectivity index (χ1n) is 3.84. The Bertz CT molecular complexity index is 490. The second kappa shape index (κ2) is 2.90. The highest BCUT2D eigenvalue weighted by Crippen LogP contribution is 2.11. The molecule has 0 spiro atoms. The van der Waals surface area contributed by atoms with E-state index in [0.717, 1.165) is 5.39 Å². The summed E-state index contributed by atoms with van der Waals surface area (Å²) in [5.41, 5.74) is 0.389. The monoisotopic (exact) mass is 176 g/mol. The number of H-pyrrole nitrogens is 1. The third-order valence-corrected chi connectivity index (χ3v) is 1.77. The highest BCUT2D eigenvalue weighted by molar-refractivity contribution is 5.74. The molecule has 0 bridgehead atoms. The number of methoxy groups -OCH3 is 1. The molecule has 1 N–H and O–H groups in total. The fourth-order valence-electron chi connectivity index (χ4n) is 1.12. The Balaban J connectivity index is 2.75. The van der Waals surface area contributed by atoms with Crippen LogP contribution >= 0.6 is 0 Å². The zero-order valence-corrected chi connectivity index (χ0v) is 7.07. The van der Waals surface area contributed by atoms with Crippen molar-refractivity contribution < 1.29 is 4.74 Å². The van der Waals surface area contributed by atoms with Gasteiger partial charge in [0.05, 0.1) is 7.11 Å². The molecule has 0 aromatic carbocycles. The van der Waals surface area contributed by atoms with E-state index in [1.807, 2.05) is 6.07 Å². The van der Waals surface area contributed by atoms with E-state index in [0.29, 0.717) is 11.5 Å². The van der Waals surface area contributed by atoms with Crippen LogP contribution in [-0.4, -0.2) is 17.1 Å². The normalized spacial score (nSPS) is 10.2. The largest absolute Gasteiger partial charge is 0.481 e. The predicted molar refractivity (Wildman–Crippen MR) is 48.9 cm³/mol. The average molecular weight is 176 g/mol. The number of nitrogens with one attached hydrogen (secondary N) is 1. The molecule has 2 heterocycles. The number of ether oxygens (including phenoxy) is 1. The molecular weight excluding hydrogens is 168 g/mol. The molecule has 66 valence electrons. The van der Waals surface area contributed by atoms with Crippen LogP contribution in [0.4, 0.5) is 0 Å². The Morgan fingerprint density at radius 1 is 1.31 bits per heavy atom. The first kappa shape index (κ1) is 7.79. The molecule has 0 aliphatic rings. The van der Waals surface area contributed by atoms with Gasteiger partial charge in [0.2, 0.25) is 11.4 Å². The van der Waals surface area contributed by atoms with Crippen LogP contribution in [0.1, 0.15) is 0 Å². The number of hydrogen-bond acceptors (Lipinski definition) is 3. The van der Waals surface area contributed by atoms with Crippen molar-refractivity contribution in [3.8, 4) is 5.88 Å². The van der Waals surface area contributed by atoms with Gasteiger partial charge < -0.3 is 9.72 Å². The van der Waals surface area contributed by atoms with Gasteiger partial charge in [-0.3, -0.25) is 4.79 Å². The minimum atomic E-state index is -0.159. The molecule has 2 rings (SSSR count). The summed E-state index contributed by atoms with van der Waals surface area (Å²) in [5, 5.41) is 0.889. The molecule has 0 aliphatic heterocycles. The Morgan fingerprint density at radius 3 is 2.85 bits per heavy atom. The van der Waals surface area contributed by atoms with Gasteiger partial charge >= 0.3 is 0 Å². The molecule has 0 fully saturated rings. The lowest BCUT2D eigenvalue weighted by atomic mass is 10.3. The van der Waals surface area contributed by atoms with Crippen LogP contribution in [0.3, 0.4) is 0 Å². The van der Waals surface area contributed by atoms with E-state index >= 15 is 0 Å². The first-order chi connectivity index (χ1) is 6.29. The minimum absolute atomic E-state index is 0.159. The van der Waals surface area contributed by atoms with Gasteiger partial charge in [-0.2, -0.15) is 4.98 Å². The molecule has 2 aromatic heterocycles. The van der Waals surface area contributed by atoms with Gasteiger partial charge in [0.1, 0.15) is 5.65 Å². The molecule has 0 aliphatic carbocycles. The number of aromatic nitrogens is 2. The van der Waals surface area contributed by atoms with E-state index in [-0.39, 0.29) is 5.56 Å². The zero-order valence-electron chi connectivity index (χ0n) is 7.07. The van der Waals surface area contributed by atoms with Crippen molar-refractivity contribution in [1.29, 1.82) is 0 Å². The first-order valence-corrected chi connectivity index (χ1v) is 3.84. The van der Waals surface area contributed by atoms with Crippen molar-refractivity contribution in [3.63, 3.8) is 0 Å². The molecule has 0 radical (unpaired) electrons. The number of aromatic amines is 1. The zero-order chi connectivity index (χ0) is 9.26. The maximum Gasteiger partial charge on any atom is 0.249 e. The van der Waals surface area contributed by atoms with Gasteiger partial charge in [0, 0.05) is 17.5 Å². The molecule has 0 atom stereocenters. The lowest BCUT2D eigenvalue weighted by Gasteiger charge is -1.99. The second-order valence-corrected chi connectivity index (χ2v) is 2.61. The van der Waals surface area contributed by atoms with Gasteiger partial charge in [-0.25, -0.2) is 0 Å². The standard InChI is InChI=1S/C9H8N2O2/c1-13-8-5-3-6-2-4-7(12)10-9(6)11-8/h2-5H,1H3,(H,10,11,12). The highest BCUT2D eigenvalue weighted by atomic mass is 16.5. The highest BCUT2D eigenvalue weighted by Gasteiger charge is 1.97. The predicted octanol–water partition coefficient (Wildman–Crippen LogP) is 0.932. The van der Waals surface area contributed by atoms with Crippen molar-refractivity contribution in [2.75, 3.05) is 7.11 Å². The molecule has 0 saturated heterocycles. The summed E-state index contributed by atoms with van der Waals surface area (Å²) in [6, 6.07) is 6.79. The van der Waals surface area contributed by atoms with Gasteiger partial charge in [0.25, 0.3) is 0 Å². The van der Waals surface area contributed by atoms with Crippen molar-refractivity contribution in [1.82, 2.24) is 9.97 Å². The Labute approximate surface area is 74.2 Å². The van der Waals surface area contributed by atoms with E-state index in [2.05, 4.69) is 9.97 Å². The van der Waals surface area contributed by atoms with Crippen LogP contribution in [0.15, 0.2) is 29.1 Å². The molecule has 0 unspecified atom stereocenters. The van der Waals surface area contributed by atoms with E-state index in [4.69, 9.17) is 4.74 Å². The summed E-state index contributed by atoms with van der Waals surface area (Å²) < 4.78 is 4.93. The van der Waals surface area contributed by atoms with Crippen LogP contribution in [-0.2, 0) is 0 Å². The summed E-state index contributed by atoms with van der Waals surface area (Å²) in [7, 11) is 1.54. The molecular formula is C9H8N2O2. The maximum atomic E-state index is 10.9. The summed E-state index contributed by atoms with van der Waals surface area (Å²) in [4.78, 5) is 17.6. The summed E-state index contributed by atoms with van der Waals surface area (Å²) in [5.74, 6) is 0.495. The van der Waals surface area contributed by atoms with Crippen molar-refractivity contribution >= 4 is 11.0 Å². The smallest absolute Gasteiger partial charge is 0.249 e. The van der Waals surface area contributed by atoms with E-state index in [9.17, 15) is 4.79 Å². The van der Waals surface area contributed by atoms with Crippen LogP contribution in [0.5, 0.6) is 5.88 Å². The quantitative estimate of drug-likeness (QED) is 0.703. The second-order valence-electron chi connectivity index (χ2n) is 2.61. The van der Waals surface area contributed by atoms with Gasteiger partial charge in [-0.15, -0.1) is 0 Å². The fraction of sp³-hybridized carbons (Fsp3) is 0.111. The fourth-order valence-corrected chi connectivity index (χ4v) is 1.12. The Morgan fingerprint density at radius 2 is 2.08 bits per heavy atom. The minimum Gasteiger partial charge on any atom is -0.481 e. The summed E-state index contributed by atoms with van der Waals surface area (Å²) >= 11 is 0. The van der Waals surface area contributed by atoms with Crippen LogP contribution in [0, 0.1) is 0 Å². The third-order valence-electron chi connectivity index (χ3n) is 1.77. The van der Waals surface area contributed by atoms with Gasteiger partial charge in [-0.1, -0.05) is 0 Å². The topological polar surface area (TPSA) is 55.0 Å². The van der Waals surface area contributed by atoms with E-state index < -0.39 is 0 Å². The van der Waals surface area contributed by atoms with E-state index in [1.54, 1.807) is 12.1 Å². The van der Waals surface area contributed by atoms with Crippen LogP contribution in [0.2, 0.25) is 0 Å². The number of rotatable bonds is 1. The van der Waals surface area contributed by atoms with Gasteiger partial charge in [0.15, 0.2) is 0 Å². The Hall–Kier alpha value is -1.84. The lowest BCUT2D eigenvalue weighted by molar-refractivity contribution is 0.399. The van der Waals surface area contributed by atoms with Gasteiger partial charge in [-0.05, 0) is 12.1 Å². The number of pyridine rings is 2. The number of hydrogen-bond donors (Lipinski definition) is 1. The number of fused-ring (bicyclic) bond motifs is 1. The van der Waals surface area contributed by atoms with Crippen molar-refractivity contribution in [2.45, 2.75) is 0 Å². The summed E-state index contributed by atoms with van der Waals surface area (Å²) in [6.45, 7) is 0. The summed E-state index contributed by atoms with van der Waals surface area (Å²) in [6.07, 6.45) is 0. The third kappa shape index (κ3) is 1.38. The van der Waals surface area contributed by atoms with Crippen LogP contribution in [0.25, 0.3) is 11.0 Å². The van der Waals surface area contributed by atoms with Crippen molar-refractivity contribution in [2.24, 2.45) is 0 Å². The SMILES string of the molecule is COc1ccc2ccc(=O)[nH]c2n1. The molecule has 2 aromatic rings. The molecule has 0 amide bonds. The molecule has 13 heavy (non-hydrogen) atoms. The van der Waals surface area contributed by atoms with E-state index in [1.165, 1.54) is 13.2 Å². The molecule has 4 nitrogen and oxygen atoms in total. The average Bonchev–Trinajstić information content (AvgIpc) is 2.16. The Kier molecular flexibility index (Phi) is 1.73. The van der Waals surface area contributed by atoms with Crippen LogP contribution < -0.4 is 10.3 Å². The number of nitrogens with zero attached hydrogens (tertiary/aromatic N) is 1.